The number of likely N-dealkylation sites (N-methyl/N-ethyl adjacent to an activating group) is 1. The zero-order chi connectivity index (χ0) is 14.1. The van der Waals surface area contributed by atoms with Crippen LogP contribution in [0.2, 0.25) is 0 Å². The molecule has 0 aliphatic carbocycles. The SMILES string of the molecule is CCN(CC)CCNCc1cnc(N(CC)CC)s1. The molecule has 0 aromatic carbocycles. The molecule has 1 aromatic heterocycles. The Morgan fingerprint density at radius 2 is 1.79 bits per heavy atom. The van der Waals surface area contributed by atoms with Crippen LogP contribution in [0.5, 0.6) is 0 Å². The van der Waals surface area contributed by atoms with Crippen molar-refractivity contribution in [2.24, 2.45) is 0 Å². The number of hydrogen-bond donors (Lipinski definition) is 1. The fourth-order valence-electron chi connectivity index (χ4n) is 2.01. The highest BCUT2D eigenvalue weighted by molar-refractivity contribution is 7.15. The molecule has 5 heteroatoms. The van der Waals surface area contributed by atoms with Gasteiger partial charge in [0, 0.05) is 43.8 Å². The Hall–Kier alpha value is -0.650. The van der Waals surface area contributed by atoms with Crippen LogP contribution in [0.1, 0.15) is 32.6 Å². The lowest BCUT2D eigenvalue weighted by molar-refractivity contribution is 0.302. The maximum Gasteiger partial charge on any atom is 0.185 e. The third-order valence-corrected chi connectivity index (χ3v) is 4.43. The van der Waals surface area contributed by atoms with E-state index in [-0.39, 0.29) is 0 Å². The largest absolute Gasteiger partial charge is 0.349 e. The van der Waals surface area contributed by atoms with Crippen LogP contribution in [0, 0.1) is 0 Å². The molecule has 0 unspecified atom stereocenters. The highest BCUT2D eigenvalue weighted by Crippen LogP contribution is 2.21. The van der Waals surface area contributed by atoms with Crippen molar-refractivity contribution in [3.05, 3.63) is 11.1 Å². The summed E-state index contributed by atoms with van der Waals surface area (Å²) in [6.07, 6.45) is 2.00. The number of nitrogens with zero attached hydrogens (tertiary/aromatic N) is 3. The first kappa shape index (κ1) is 16.4. The van der Waals surface area contributed by atoms with Gasteiger partial charge in [0.25, 0.3) is 0 Å². The molecule has 1 rings (SSSR count). The van der Waals surface area contributed by atoms with Crippen molar-refractivity contribution in [1.82, 2.24) is 15.2 Å². The zero-order valence-electron chi connectivity index (χ0n) is 12.8. The van der Waals surface area contributed by atoms with Gasteiger partial charge in [0.15, 0.2) is 5.13 Å². The zero-order valence-corrected chi connectivity index (χ0v) is 13.6. The molecule has 0 aliphatic heterocycles. The van der Waals surface area contributed by atoms with Gasteiger partial charge in [-0.25, -0.2) is 4.98 Å². The van der Waals surface area contributed by atoms with E-state index >= 15 is 0 Å². The molecule has 0 radical (unpaired) electrons. The highest BCUT2D eigenvalue weighted by atomic mass is 32.1. The van der Waals surface area contributed by atoms with Crippen LogP contribution >= 0.6 is 11.3 Å². The summed E-state index contributed by atoms with van der Waals surface area (Å²) < 4.78 is 0. The normalized spacial score (nSPS) is 11.2. The third-order valence-electron chi connectivity index (χ3n) is 3.37. The summed E-state index contributed by atoms with van der Waals surface area (Å²) in [5, 5.41) is 4.64. The summed E-state index contributed by atoms with van der Waals surface area (Å²) in [5.41, 5.74) is 0. The average molecular weight is 284 g/mol. The minimum atomic E-state index is 0.931. The van der Waals surface area contributed by atoms with Crippen LogP contribution in [-0.2, 0) is 6.54 Å². The Bertz CT molecular complexity index is 332. The van der Waals surface area contributed by atoms with Crippen LogP contribution < -0.4 is 10.2 Å². The minimum absolute atomic E-state index is 0.931. The van der Waals surface area contributed by atoms with Gasteiger partial charge in [0.2, 0.25) is 0 Å². The maximum atomic E-state index is 4.50. The fourth-order valence-corrected chi connectivity index (χ4v) is 3.01. The number of nitrogens with one attached hydrogen (secondary N) is 1. The van der Waals surface area contributed by atoms with Gasteiger partial charge in [0.1, 0.15) is 0 Å². The molecular weight excluding hydrogens is 256 g/mol. The smallest absolute Gasteiger partial charge is 0.185 e. The van der Waals surface area contributed by atoms with E-state index in [2.05, 4.69) is 47.8 Å². The third kappa shape index (κ3) is 5.47. The lowest BCUT2D eigenvalue weighted by Crippen LogP contribution is -2.31. The first-order chi connectivity index (χ1) is 9.24. The van der Waals surface area contributed by atoms with Crippen LogP contribution in [-0.4, -0.2) is 49.2 Å². The Balaban J connectivity index is 2.30. The van der Waals surface area contributed by atoms with Gasteiger partial charge in [-0.3, -0.25) is 0 Å². The van der Waals surface area contributed by atoms with Gasteiger partial charge in [-0.15, -0.1) is 11.3 Å². The van der Waals surface area contributed by atoms with E-state index in [1.807, 2.05) is 6.20 Å². The molecule has 0 saturated carbocycles. The summed E-state index contributed by atoms with van der Waals surface area (Å²) in [5.74, 6) is 0. The van der Waals surface area contributed by atoms with Crippen LogP contribution in [0.3, 0.4) is 0 Å². The number of aromatic nitrogens is 1. The quantitative estimate of drug-likeness (QED) is 0.669. The monoisotopic (exact) mass is 284 g/mol. The summed E-state index contributed by atoms with van der Waals surface area (Å²) in [7, 11) is 0. The van der Waals surface area contributed by atoms with Gasteiger partial charge < -0.3 is 15.1 Å². The predicted octanol–water partition coefficient (Wildman–Crippen LogP) is 2.42. The molecule has 110 valence electrons. The van der Waals surface area contributed by atoms with Gasteiger partial charge in [-0.2, -0.15) is 0 Å². The summed E-state index contributed by atoms with van der Waals surface area (Å²) in [4.78, 5) is 10.5. The number of anilines is 1. The Morgan fingerprint density at radius 3 is 2.37 bits per heavy atom. The van der Waals surface area contributed by atoms with E-state index in [9.17, 15) is 0 Å². The predicted molar refractivity (Wildman–Crippen MR) is 85.2 cm³/mol. The molecular formula is C14H28N4S. The number of rotatable bonds is 10. The molecule has 1 heterocycles. The second-order valence-electron chi connectivity index (χ2n) is 4.49. The van der Waals surface area contributed by atoms with Gasteiger partial charge in [0.05, 0.1) is 0 Å². The van der Waals surface area contributed by atoms with Gasteiger partial charge in [-0.1, -0.05) is 13.8 Å². The molecule has 1 aromatic rings. The van der Waals surface area contributed by atoms with E-state index < -0.39 is 0 Å². The van der Waals surface area contributed by atoms with Crippen LogP contribution in [0.25, 0.3) is 0 Å². The van der Waals surface area contributed by atoms with Crippen molar-refractivity contribution < 1.29 is 0 Å². The Kier molecular flexibility index (Phi) is 8.02. The lowest BCUT2D eigenvalue weighted by Gasteiger charge is -2.17. The molecule has 0 atom stereocenters. The van der Waals surface area contributed by atoms with E-state index in [1.54, 1.807) is 11.3 Å². The molecule has 0 saturated heterocycles. The standard InChI is InChI=1S/C14H28N4S/c1-5-17(6-2)10-9-15-11-13-12-16-14(19-13)18(7-3)8-4/h12,15H,5-11H2,1-4H3. The van der Waals surface area contributed by atoms with E-state index in [0.717, 1.165) is 50.9 Å². The number of thiazole rings is 1. The van der Waals surface area contributed by atoms with Crippen LogP contribution in [0.4, 0.5) is 5.13 Å². The molecule has 0 aliphatic rings. The van der Waals surface area contributed by atoms with Crippen molar-refractivity contribution in [3.63, 3.8) is 0 Å². The van der Waals surface area contributed by atoms with Crippen molar-refractivity contribution in [3.8, 4) is 0 Å². The summed E-state index contributed by atoms with van der Waals surface area (Å²) in [6, 6.07) is 0. The molecule has 0 spiro atoms. The second-order valence-corrected chi connectivity index (χ2v) is 5.58. The molecule has 0 bridgehead atoms. The second kappa shape index (κ2) is 9.28. The van der Waals surface area contributed by atoms with Crippen molar-refractivity contribution in [1.29, 1.82) is 0 Å². The van der Waals surface area contributed by atoms with Crippen molar-refractivity contribution in [2.75, 3.05) is 44.2 Å². The molecule has 0 fully saturated rings. The van der Waals surface area contributed by atoms with Crippen LogP contribution in [0.15, 0.2) is 6.20 Å². The first-order valence-electron chi connectivity index (χ1n) is 7.37. The Morgan fingerprint density at radius 1 is 1.11 bits per heavy atom. The van der Waals surface area contributed by atoms with E-state index in [4.69, 9.17) is 0 Å². The van der Waals surface area contributed by atoms with E-state index in [0.29, 0.717) is 0 Å². The summed E-state index contributed by atoms with van der Waals surface area (Å²) >= 11 is 1.80. The lowest BCUT2D eigenvalue weighted by atomic mass is 10.4. The van der Waals surface area contributed by atoms with Crippen molar-refractivity contribution in [2.45, 2.75) is 34.2 Å². The molecule has 1 N–H and O–H groups in total. The average Bonchev–Trinajstić information content (AvgIpc) is 2.89. The topological polar surface area (TPSA) is 31.4 Å². The Labute approximate surface area is 121 Å². The molecule has 19 heavy (non-hydrogen) atoms. The minimum Gasteiger partial charge on any atom is -0.349 e. The van der Waals surface area contributed by atoms with Gasteiger partial charge >= 0.3 is 0 Å². The fraction of sp³-hybridized carbons (Fsp3) is 0.786. The van der Waals surface area contributed by atoms with Gasteiger partial charge in [-0.05, 0) is 26.9 Å². The first-order valence-corrected chi connectivity index (χ1v) is 8.19. The van der Waals surface area contributed by atoms with E-state index in [1.165, 1.54) is 4.88 Å². The van der Waals surface area contributed by atoms with Crippen molar-refractivity contribution >= 4 is 16.5 Å². The molecule has 4 nitrogen and oxygen atoms in total. The highest BCUT2D eigenvalue weighted by Gasteiger charge is 2.07. The number of hydrogen-bond acceptors (Lipinski definition) is 5. The molecule has 0 amide bonds. The summed E-state index contributed by atoms with van der Waals surface area (Å²) in [6.45, 7) is 16.2. The maximum absolute atomic E-state index is 4.50.